The van der Waals surface area contributed by atoms with E-state index in [1.54, 1.807) is 13.0 Å². The molecule has 0 fully saturated rings. The van der Waals surface area contributed by atoms with E-state index >= 15 is 0 Å². The number of hydrogen-bond donors (Lipinski definition) is 1. The van der Waals surface area contributed by atoms with Gasteiger partial charge in [0.25, 0.3) is 10.0 Å². The van der Waals surface area contributed by atoms with Gasteiger partial charge in [-0.1, -0.05) is 0 Å². The van der Waals surface area contributed by atoms with Gasteiger partial charge in [0.2, 0.25) is 0 Å². The normalized spacial score (nSPS) is 12.2. The van der Waals surface area contributed by atoms with Crippen LogP contribution in [-0.2, 0) is 20.9 Å². The summed E-state index contributed by atoms with van der Waals surface area (Å²) in [6.45, 7) is 2.00. The number of hydrogen-bond acceptors (Lipinski definition) is 5. The molecule has 0 bridgehead atoms. The first-order valence-corrected chi connectivity index (χ1v) is 9.35. The molecule has 2 rings (SSSR count). The fraction of sp³-hybridized carbons (Fsp3) is 0.333. The predicted octanol–water partition coefficient (Wildman–Crippen LogP) is 3.90. The summed E-state index contributed by atoms with van der Waals surface area (Å²) in [7, 11) is -2.57. The Hall–Kier alpha value is -1.78. The molecule has 0 atom stereocenters. The van der Waals surface area contributed by atoms with Gasteiger partial charge < -0.3 is 9.47 Å². The van der Waals surface area contributed by atoms with E-state index in [0.29, 0.717) is 6.07 Å². The van der Waals surface area contributed by atoms with Gasteiger partial charge in [0, 0.05) is 12.0 Å². The number of aryl methyl sites for hydroxylation is 1. The molecule has 1 N–H and O–H groups in total. The van der Waals surface area contributed by atoms with Crippen LogP contribution < -0.4 is 9.46 Å². The second-order valence-electron chi connectivity index (χ2n) is 5.02. The van der Waals surface area contributed by atoms with E-state index in [-0.39, 0.29) is 28.9 Å². The zero-order valence-corrected chi connectivity index (χ0v) is 15.0. The van der Waals surface area contributed by atoms with Crippen molar-refractivity contribution in [2.45, 2.75) is 17.3 Å². The smallest absolute Gasteiger partial charge is 0.416 e. The van der Waals surface area contributed by atoms with Crippen LogP contribution in [0.3, 0.4) is 0 Å². The van der Waals surface area contributed by atoms with Crippen LogP contribution in [0.25, 0.3) is 0 Å². The average molecular weight is 395 g/mol. The molecule has 25 heavy (non-hydrogen) atoms. The zero-order valence-electron chi connectivity index (χ0n) is 13.4. The maximum Gasteiger partial charge on any atom is 0.416 e. The van der Waals surface area contributed by atoms with Crippen LogP contribution in [0, 0.1) is 6.92 Å². The second kappa shape index (κ2) is 7.63. The van der Waals surface area contributed by atoms with E-state index in [1.165, 1.54) is 13.2 Å². The third kappa shape index (κ3) is 5.10. The van der Waals surface area contributed by atoms with Crippen molar-refractivity contribution < 1.29 is 31.1 Å². The van der Waals surface area contributed by atoms with Gasteiger partial charge in [-0.25, -0.2) is 8.42 Å². The molecule has 0 amide bonds. The molecule has 5 nitrogen and oxygen atoms in total. The number of ether oxygens (including phenoxy) is 2. The van der Waals surface area contributed by atoms with Crippen molar-refractivity contribution in [1.29, 1.82) is 0 Å². The van der Waals surface area contributed by atoms with Crippen molar-refractivity contribution in [1.82, 2.24) is 0 Å². The summed E-state index contributed by atoms with van der Waals surface area (Å²) in [6, 6.07) is 5.62. The molecule has 0 saturated carbocycles. The van der Waals surface area contributed by atoms with Gasteiger partial charge in [-0.3, -0.25) is 4.72 Å². The number of benzene rings is 1. The molecule has 138 valence electrons. The first-order chi connectivity index (χ1) is 11.6. The van der Waals surface area contributed by atoms with Gasteiger partial charge in [0.05, 0.1) is 17.9 Å². The Balaban J connectivity index is 2.38. The first-order valence-electron chi connectivity index (χ1n) is 7.06. The first kappa shape index (κ1) is 19.5. The molecule has 0 unspecified atom stereocenters. The summed E-state index contributed by atoms with van der Waals surface area (Å²) in [5.74, 6) is -0.0121. The van der Waals surface area contributed by atoms with E-state index in [1.807, 2.05) is 0 Å². The minimum atomic E-state index is -4.61. The molecule has 0 aliphatic rings. The summed E-state index contributed by atoms with van der Waals surface area (Å²) >= 11 is 1.02. The van der Waals surface area contributed by atoms with E-state index in [9.17, 15) is 21.6 Å². The quantitative estimate of drug-likeness (QED) is 0.722. The van der Waals surface area contributed by atoms with Crippen molar-refractivity contribution in [2.24, 2.45) is 0 Å². The lowest BCUT2D eigenvalue weighted by molar-refractivity contribution is -0.137. The third-order valence-corrected chi connectivity index (χ3v) is 5.93. The molecular formula is C15H16F3NO4S2. The highest BCUT2D eigenvalue weighted by molar-refractivity contribution is 7.94. The van der Waals surface area contributed by atoms with Crippen molar-refractivity contribution in [2.75, 3.05) is 25.0 Å². The van der Waals surface area contributed by atoms with Crippen LogP contribution in [0.2, 0.25) is 0 Å². The Morgan fingerprint density at radius 1 is 1.16 bits per heavy atom. The predicted molar refractivity (Wildman–Crippen MR) is 88.7 cm³/mol. The number of nitrogens with one attached hydrogen (secondary N) is 1. The van der Waals surface area contributed by atoms with Crippen molar-refractivity contribution in [3.63, 3.8) is 0 Å². The van der Waals surface area contributed by atoms with Crippen molar-refractivity contribution in [3.8, 4) is 5.75 Å². The lowest BCUT2D eigenvalue weighted by atomic mass is 10.2. The summed E-state index contributed by atoms with van der Waals surface area (Å²) in [6.07, 6.45) is -4.61. The lowest BCUT2D eigenvalue weighted by Gasteiger charge is -2.15. The summed E-state index contributed by atoms with van der Waals surface area (Å²) in [4.78, 5) is 0.765. The number of thiophene rings is 1. The van der Waals surface area contributed by atoms with E-state index in [4.69, 9.17) is 9.47 Å². The fourth-order valence-corrected chi connectivity index (χ4v) is 4.24. The van der Waals surface area contributed by atoms with Crippen LogP contribution in [0.1, 0.15) is 10.4 Å². The second-order valence-corrected chi connectivity index (χ2v) is 8.22. The topological polar surface area (TPSA) is 64.6 Å². The fourth-order valence-electron chi connectivity index (χ4n) is 1.90. The van der Waals surface area contributed by atoms with E-state index in [0.717, 1.165) is 28.3 Å². The Morgan fingerprint density at radius 2 is 1.88 bits per heavy atom. The summed E-state index contributed by atoms with van der Waals surface area (Å²) in [5, 5.41) is 0. The molecule has 1 aromatic carbocycles. The molecule has 10 heteroatoms. The number of anilines is 1. The average Bonchev–Trinajstić information content (AvgIpc) is 2.95. The van der Waals surface area contributed by atoms with Crippen molar-refractivity contribution >= 4 is 27.0 Å². The molecule has 0 aliphatic heterocycles. The van der Waals surface area contributed by atoms with Crippen LogP contribution >= 0.6 is 11.3 Å². The van der Waals surface area contributed by atoms with Gasteiger partial charge in [0.1, 0.15) is 16.6 Å². The lowest BCUT2D eigenvalue weighted by Crippen LogP contribution is -2.15. The molecule has 1 heterocycles. The Labute approximate surface area is 147 Å². The van der Waals surface area contributed by atoms with Gasteiger partial charge in [-0.05, 0) is 37.3 Å². The number of methoxy groups -OCH3 is 1. The molecule has 0 saturated heterocycles. The Bertz CT molecular complexity index is 832. The third-order valence-electron chi connectivity index (χ3n) is 3.08. The number of sulfonamides is 1. The van der Waals surface area contributed by atoms with Gasteiger partial charge in [-0.15, -0.1) is 11.3 Å². The highest BCUT2D eigenvalue weighted by atomic mass is 32.2. The number of alkyl halides is 3. The standard InChI is InChI=1S/C15H16F3NO4S2/c1-10-3-6-14(24-10)25(20,21)19-12-9-11(15(16,17)18)4-5-13(12)23-8-7-22-2/h3-6,9,19H,7-8H2,1-2H3. The van der Waals surface area contributed by atoms with E-state index in [2.05, 4.69) is 4.72 Å². The molecular weight excluding hydrogens is 379 g/mol. The van der Waals surface area contributed by atoms with E-state index < -0.39 is 21.8 Å². The molecule has 0 aliphatic carbocycles. The highest BCUT2D eigenvalue weighted by Crippen LogP contribution is 2.36. The molecule has 2 aromatic rings. The Morgan fingerprint density at radius 3 is 2.44 bits per heavy atom. The van der Waals surface area contributed by atoms with Gasteiger partial charge >= 0.3 is 6.18 Å². The minimum Gasteiger partial charge on any atom is -0.489 e. The number of halogens is 3. The van der Waals surface area contributed by atoms with Crippen LogP contribution in [0.5, 0.6) is 5.75 Å². The van der Waals surface area contributed by atoms with Gasteiger partial charge in [0.15, 0.2) is 0 Å². The monoisotopic (exact) mass is 395 g/mol. The number of rotatable bonds is 7. The maximum atomic E-state index is 12.9. The van der Waals surface area contributed by atoms with Crippen LogP contribution in [0.15, 0.2) is 34.5 Å². The SMILES string of the molecule is COCCOc1ccc(C(F)(F)F)cc1NS(=O)(=O)c1ccc(C)s1. The Kier molecular flexibility index (Phi) is 5.96. The van der Waals surface area contributed by atoms with Crippen LogP contribution in [-0.4, -0.2) is 28.7 Å². The minimum absolute atomic E-state index is 0.00486. The summed E-state index contributed by atoms with van der Waals surface area (Å²) in [5.41, 5.74) is -1.26. The zero-order chi connectivity index (χ0) is 18.7. The molecule has 0 radical (unpaired) electrons. The van der Waals surface area contributed by atoms with Crippen LogP contribution in [0.4, 0.5) is 18.9 Å². The summed E-state index contributed by atoms with van der Waals surface area (Å²) < 4.78 is 75.9. The molecule has 1 aromatic heterocycles. The highest BCUT2D eigenvalue weighted by Gasteiger charge is 2.32. The van der Waals surface area contributed by atoms with Crippen molar-refractivity contribution in [3.05, 3.63) is 40.8 Å². The maximum absolute atomic E-state index is 12.9. The largest absolute Gasteiger partial charge is 0.489 e. The molecule has 0 spiro atoms. The van der Waals surface area contributed by atoms with Gasteiger partial charge in [-0.2, -0.15) is 13.2 Å².